The van der Waals surface area contributed by atoms with Gasteiger partial charge in [-0.3, -0.25) is 0 Å². The molecule has 17 heavy (non-hydrogen) atoms. The van der Waals surface area contributed by atoms with Crippen molar-refractivity contribution in [1.82, 2.24) is 4.98 Å². The van der Waals surface area contributed by atoms with E-state index in [9.17, 15) is 0 Å². The summed E-state index contributed by atoms with van der Waals surface area (Å²) in [6.45, 7) is 0.445. The first-order valence-corrected chi connectivity index (χ1v) is 5.61. The van der Waals surface area contributed by atoms with Gasteiger partial charge in [0.15, 0.2) is 0 Å². The molecule has 0 spiro atoms. The Hall–Kier alpha value is -1.58. The quantitative estimate of drug-likeness (QED) is 0.909. The van der Waals surface area contributed by atoms with Crippen LogP contribution in [0.2, 0.25) is 5.02 Å². The van der Waals surface area contributed by atoms with Gasteiger partial charge in [-0.2, -0.15) is 0 Å². The highest BCUT2D eigenvalue weighted by Gasteiger charge is 2.06. The number of hydrogen-bond acceptors (Lipinski definition) is 3. The maximum Gasteiger partial charge on any atom is 0.213 e. The van der Waals surface area contributed by atoms with Crippen molar-refractivity contribution >= 4 is 11.6 Å². The molecule has 0 aliphatic rings. The van der Waals surface area contributed by atoms with Crippen LogP contribution in [0.5, 0.6) is 5.88 Å². The molecule has 0 aliphatic carbocycles. The van der Waals surface area contributed by atoms with Crippen LogP contribution in [0.4, 0.5) is 0 Å². The highest BCUT2D eigenvalue weighted by Crippen LogP contribution is 2.27. The van der Waals surface area contributed by atoms with Crippen molar-refractivity contribution in [3.8, 4) is 17.0 Å². The van der Waals surface area contributed by atoms with E-state index in [2.05, 4.69) is 4.98 Å². The lowest BCUT2D eigenvalue weighted by Gasteiger charge is -2.09. The molecular weight excluding hydrogens is 236 g/mol. The summed E-state index contributed by atoms with van der Waals surface area (Å²) in [6, 6.07) is 9.49. The van der Waals surface area contributed by atoms with E-state index in [4.69, 9.17) is 22.1 Å². The smallest absolute Gasteiger partial charge is 0.213 e. The number of hydrogen-bond donors (Lipinski definition) is 1. The Kier molecular flexibility index (Phi) is 3.61. The average molecular weight is 249 g/mol. The van der Waals surface area contributed by atoms with Crippen molar-refractivity contribution in [2.24, 2.45) is 5.73 Å². The zero-order valence-electron chi connectivity index (χ0n) is 9.48. The van der Waals surface area contributed by atoms with E-state index in [0.29, 0.717) is 17.4 Å². The largest absolute Gasteiger partial charge is 0.481 e. The molecule has 0 fully saturated rings. The minimum absolute atomic E-state index is 0.445. The van der Waals surface area contributed by atoms with Crippen LogP contribution in [0.3, 0.4) is 0 Å². The average Bonchev–Trinajstić information content (AvgIpc) is 2.38. The molecule has 1 heterocycles. The Labute approximate surface area is 105 Å². The molecule has 0 bridgehead atoms. The number of nitrogens with two attached hydrogens (primary N) is 1. The summed E-state index contributed by atoms with van der Waals surface area (Å²) in [5, 5.41) is 0.690. The zero-order valence-corrected chi connectivity index (χ0v) is 10.2. The van der Waals surface area contributed by atoms with Gasteiger partial charge in [0.25, 0.3) is 0 Å². The van der Waals surface area contributed by atoms with Gasteiger partial charge in [0.05, 0.1) is 7.11 Å². The number of pyridine rings is 1. The molecule has 0 atom stereocenters. The highest BCUT2D eigenvalue weighted by molar-refractivity contribution is 6.30. The van der Waals surface area contributed by atoms with Gasteiger partial charge >= 0.3 is 0 Å². The first-order chi connectivity index (χ1) is 8.24. The second kappa shape index (κ2) is 5.17. The topological polar surface area (TPSA) is 48.1 Å². The third-order valence-electron chi connectivity index (χ3n) is 2.54. The Morgan fingerprint density at radius 3 is 2.82 bits per heavy atom. The van der Waals surface area contributed by atoms with E-state index in [1.165, 1.54) is 0 Å². The molecule has 0 unspecified atom stereocenters. The van der Waals surface area contributed by atoms with Gasteiger partial charge in [0.2, 0.25) is 5.88 Å². The fourth-order valence-corrected chi connectivity index (χ4v) is 1.90. The van der Waals surface area contributed by atoms with Crippen molar-refractivity contribution in [2.45, 2.75) is 6.54 Å². The molecule has 4 heteroatoms. The Bertz CT molecular complexity index is 529. The molecule has 0 amide bonds. The second-order valence-electron chi connectivity index (χ2n) is 3.59. The van der Waals surface area contributed by atoms with E-state index in [1.54, 1.807) is 13.3 Å². The summed E-state index contributed by atoms with van der Waals surface area (Å²) >= 11 is 5.95. The van der Waals surface area contributed by atoms with E-state index in [1.807, 2.05) is 30.3 Å². The lowest BCUT2D eigenvalue weighted by molar-refractivity contribution is 0.398. The molecule has 0 aliphatic heterocycles. The molecular formula is C13H13ClN2O. The number of methoxy groups -OCH3 is 1. The highest BCUT2D eigenvalue weighted by atomic mass is 35.5. The summed E-state index contributed by atoms with van der Waals surface area (Å²) in [7, 11) is 1.60. The van der Waals surface area contributed by atoms with Gasteiger partial charge in [-0.25, -0.2) is 4.98 Å². The standard InChI is InChI=1S/C13H13ClN2O/c1-17-13-7-9(4-5-16-13)12-3-2-11(14)6-10(12)8-15/h2-7H,8,15H2,1H3. The number of aromatic nitrogens is 1. The first-order valence-electron chi connectivity index (χ1n) is 5.23. The molecule has 3 nitrogen and oxygen atoms in total. The summed E-state index contributed by atoms with van der Waals surface area (Å²) in [6.07, 6.45) is 1.71. The number of nitrogens with zero attached hydrogens (tertiary/aromatic N) is 1. The maximum absolute atomic E-state index is 5.95. The van der Waals surface area contributed by atoms with Crippen LogP contribution in [0.1, 0.15) is 5.56 Å². The molecule has 88 valence electrons. The second-order valence-corrected chi connectivity index (χ2v) is 4.03. The monoisotopic (exact) mass is 248 g/mol. The van der Waals surface area contributed by atoms with E-state index in [0.717, 1.165) is 16.7 Å². The van der Waals surface area contributed by atoms with E-state index in [-0.39, 0.29) is 0 Å². The zero-order chi connectivity index (χ0) is 12.3. The van der Waals surface area contributed by atoms with E-state index < -0.39 is 0 Å². The first kappa shape index (κ1) is 11.9. The van der Waals surface area contributed by atoms with Crippen LogP contribution in [0.25, 0.3) is 11.1 Å². The summed E-state index contributed by atoms with van der Waals surface area (Å²) < 4.78 is 5.11. The number of halogens is 1. The lowest BCUT2D eigenvalue weighted by atomic mass is 10.0. The minimum atomic E-state index is 0.445. The van der Waals surface area contributed by atoms with Crippen LogP contribution >= 0.6 is 11.6 Å². The van der Waals surface area contributed by atoms with Crippen LogP contribution in [-0.2, 0) is 6.54 Å². The Morgan fingerprint density at radius 1 is 1.29 bits per heavy atom. The molecule has 2 N–H and O–H groups in total. The van der Waals surface area contributed by atoms with Crippen molar-refractivity contribution in [3.63, 3.8) is 0 Å². The van der Waals surface area contributed by atoms with Crippen LogP contribution in [-0.4, -0.2) is 12.1 Å². The third-order valence-corrected chi connectivity index (χ3v) is 2.78. The number of ether oxygens (including phenoxy) is 1. The van der Waals surface area contributed by atoms with Gasteiger partial charge in [-0.15, -0.1) is 0 Å². The predicted molar refractivity (Wildman–Crippen MR) is 69.1 cm³/mol. The van der Waals surface area contributed by atoms with Crippen molar-refractivity contribution < 1.29 is 4.74 Å². The molecule has 0 saturated carbocycles. The molecule has 2 rings (SSSR count). The summed E-state index contributed by atoms with van der Waals surface area (Å²) in [5.74, 6) is 0.584. The van der Waals surface area contributed by atoms with Gasteiger partial charge in [-0.05, 0) is 34.9 Å². The molecule has 2 aromatic rings. The third kappa shape index (κ3) is 2.57. The van der Waals surface area contributed by atoms with Gasteiger partial charge in [0, 0.05) is 23.8 Å². The Balaban J connectivity index is 2.51. The summed E-state index contributed by atoms with van der Waals surface area (Å²) in [5.41, 5.74) is 8.80. The normalized spacial score (nSPS) is 10.3. The fraction of sp³-hybridized carbons (Fsp3) is 0.154. The van der Waals surface area contributed by atoms with Crippen molar-refractivity contribution in [3.05, 3.63) is 47.1 Å². The van der Waals surface area contributed by atoms with Crippen LogP contribution in [0.15, 0.2) is 36.5 Å². The molecule has 0 saturated heterocycles. The van der Waals surface area contributed by atoms with Gasteiger partial charge < -0.3 is 10.5 Å². The number of benzene rings is 1. The lowest BCUT2D eigenvalue weighted by Crippen LogP contribution is -1.99. The number of rotatable bonds is 3. The van der Waals surface area contributed by atoms with Crippen LogP contribution in [0, 0.1) is 0 Å². The van der Waals surface area contributed by atoms with Crippen molar-refractivity contribution in [1.29, 1.82) is 0 Å². The fourth-order valence-electron chi connectivity index (χ4n) is 1.70. The maximum atomic E-state index is 5.95. The van der Waals surface area contributed by atoms with Crippen LogP contribution < -0.4 is 10.5 Å². The van der Waals surface area contributed by atoms with Gasteiger partial charge in [-0.1, -0.05) is 17.7 Å². The van der Waals surface area contributed by atoms with Gasteiger partial charge in [0.1, 0.15) is 0 Å². The molecule has 0 radical (unpaired) electrons. The van der Waals surface area contributed by atoms with Crippen molar-refractivity contribution in [2.75, 3.05) is 7.11 Å². The molecule has 1 aromatic carbocycles. The molecule has 1 aromatic heterocycles. The SMILES string of the molecule is COc1cc(-c2ccc(Cl)cc2CN)ccn1. The van der Waals surface area contributed by atoms with E-state index >= 15 is 0 Å². The minimum Gasteiger partial charge on any atom is -0.481 e. The summed E-state index contributed by atoms with van der Waals surface area (Å²) in [4.78, 5) is 4.08. The predicted octanol–water partition coefficient (Wildman–Crippen LogP) is 2.87. The Morgan fingerprint density at radius 2 is 2.12 bits per heavy atom.